The van der Waals surface area contributed by atoms with Crippen LogP contribution in [0.15, 0.2) is 18.2 Å². The van der Waals surface area contributed by atoms with Crippen molar-refractivity contribution in [2.75, 3.05) is 36.0 Å². The predicted octanol–water partition coefficient (Wildman–Crippen LogP) is 2.01. The zero-order valence-electron chi connectivity index (χ0n) is 13.8. The summed E-state index contributed by atoms with van der Waals surface area (Å²) in [5.41, 5.74) is 1.19. The molecule has 2 aliphatic heterocycles. The number of benzene rings is 1. The zero-order valence-corrected chi connectivity index (χ0v) is 13.8. The van der Waals surface area contributed by atoms with Gasteiger partial charge in [-0.3, -0.25) is 4.79 Å². The van der Waals surface area contributed by atoms with Gasteiger partial charge in [0.2, 0.25) is 0 Å². The maximum Gasteiger partial charge on any atom is 0.270 e. The van der Waals surface area contributed by atoms with Crippen LogP contribution in [0, 0.1) is 0 Å². The Bertz CT molecular complexity index is 577. The van der Waals surface area contributed by atoms with Crippen molar-refractivity contribution in [2.24, 2.45) is 0 Å². The second-order valence-electron chi connectivity index (χ2n) is 6.74. The Kier molecular flexibility index (Phi) is 3.77. The van der Waals surface area contributed by atoms with E-state index in [9.17, 15) is 4.79 Å². The average molecular weight is 303 g/mol. The van der Waals surface area contributed by atoms with Gasteiger partial charge in [0.15, 0.2) is 5.60 Å². The number of anilines is 2. The Balaban J connectivity index is 2.11. The van der Waals surface area contributed by atoms with Crippen LogP contribution in [-0.4, -0.2) is 43.7 Å². The number of amides is 1. The van der Waals surface area contributed by atoms with Crippen molar-refractivity contribution in [1.82, 2.24) is 5.32 Å². The van der Waals surface area contributed by atoms with Gasteiger partial charge in [-0.15, -0.1) is 0 Å². The van der Waals surface area contributed by atoms with Crippen LogP contribution in [0.5, 0.6) is 5.75 Å². The van der Waals surface area contributed by atoms with Gasteiger partial charge in [0, 0.05) is 32.2 Å². The molecule has 5 heteroatoms. The number of nitrogens with one attached hydrogen (secondary N) is 1. The van der Waals surface area contributed by atoms with Gasteiger partial charge in [-0.1, -0.05) is 6.07 Å². The van der Waals surface area contributed by atoms with Gasteiger partial charge in [0.25, 0.3) is 5.91 Å². The Morgan fingerprint density at radius 1 is 1.23 bits per heavy atom. The van der Waals surface area contributed by atoms with Gasteiger partial charge in [-0.05, 0) is 39.8 Å². The molecule has 0 atom stereocenters. The molecule has 0 aromatic heterocycles. The maximum atomic E-state index is 12.9. The van der Waals surface area contributed by atoms with Gasteiger partial charge in [-0.25, -0.2) is 0 Å². The van der Waals surface area contributed by atoms with Crippen LogP contribution in [0.1, 0.15) is 27.7 Å². The normalized spacial score (nSPS) is 20.9. The second-order valence-corrected chi connectivity index (χ2v) is 6.74. The van der Waals surface area contributed by atoms with E-state index < -0.39 is 5.60 Å². The molecular formula is C17H25N3O2. The van der Waals surface area contributed by atoms with Crippen molar-refractivity contribution in [2.45, 2.75) is 39.3 Å². The summed E-state index contributed by atoms with van der Waals surface area (Å²) in [6, 6.07) is 6.16. The number of carbonyl (C=O) groups excluding carboxylic acids is 1. The summed E-state index contributed by atoms with van der Waals surface area (Å²) < 4.78 is 6.01. The summed E-state index contributed by atoms with van der Waals surface area (Å²) in [5.74, 6) is 0.826. The fourth-order valence-electron chi connectivity index (χ4n) is 3.20. The molecule has 3 rings (SSSR count). The van der Waals surface area contributed by atoms with Gasteiger partial charge in [0.05, 0.1) is 5.69 Å². The molecule has 0 aliphatic carbocycles. The number of nitrogens with zero attached hydrogens (tertiary/aromatic N) is 2. The van der Waals surface area contributed by atoms with Crippen molar-refractivity contribution in [3.05, 3.63) is 18.2 Å². The van der Waals surface area contributed by atoms with E-state index in [4.69, 9.17) is 4.74 Å². The minimum atomic E-state index is -0.820. The van der Waals surface area contributed by atoms with Crippen LogP contribution in [0.2, 0.25) is 0 Å². The van der Waals surface area contributed by atoms with Crippen LogP contribution in [0.25, 0.3) is 0 Å². The molecule has 0 radical (unpaired) electrons. The lowest BCUT2D eigenvalue weighted by molar-refractivity contribution is -0.133. The molecule has 2 aliphatic rings. The molecule has 1 N–H and O–H groups in total. The average Bonchev–Trinajstić information content (AvgIpc) is 2.48. The third-order valence-corrected chi connectivity index (χ3v) is 4.29. The van der Waals surface area contributed by atoms with Crippen LogP contribution in [0.3, 0.4) is 0 Å². The molecule has 1 fully saturated rings. The van der Waals surface area contributed by atoms with Crippen molar-refractivity contribution in [3.63, 3.8) is 0 Å². The Morgan fingerprint density at radius 2 is 1.91 bits per heavy atom. The highest BCUT2D eigenvalue weighted by Crippen LogP contribution is 2.45. The molecule has 120 valence electrons. The first-order valence-corrected chi connectivity index (χ1v) is 8.03. The summed E-state index contributed by atoms with van der Waals surface area (Å²) in [4.78, 5) is 17.1. The van der Waals surface area contributed by atoms with Crippen molar-refractivity contribution < 1.29 is 9.53 Å². The highest BCUT2D eigenvalue weighted by Gasteiger charge is 2.43. The maximum absolute atomic E-state index is 12.9. The number of hydrogen-bond donors (Lipinski definition) is 1. The minimum absolute atomic E-state index is 0.0255. The molecule has 0 unspecified atom stereocenters. The van der Waals surface area contributed by atoms with E-state index >= 15 is 0 Å². The summed E-state index contributed by atoms with van der Waals surface area (Å²) >= 11 is 0. The topological polar surface area (TPSA) is 44.8 Å². The molecule has 5 nitrogen and oxygen atoms in total. The van der Waals surface area contributed by atoms with Crippen LogP contribution in [-0.2, 0) is 4.79 Å². The molecule has 0 saturated carbocycles. The monoisotopic (exact) mass is 303 g/mol. The van der Waals surface area contributed by atoms with E-state index in [1.54, 1.807) is 0 Å². The summed E-state index contributed by atoms with van der Waals surface area (Å²) in [7, 11) is 0. The first-order valence-electron chi connectivity index (χ1n) is 8.03. The molecule has 0 bridgehead atoms. The lowest BCUT2D eigenvalue weighted by atomic mass is 10.0. The number of para-hydroxylation sites is 1. The second kappa shape index (κ2) is 5.47. The number of ether oxygens (including phenoxy) is 1. The van der Waals surface area contributed by atoms with Crippen LogP contribution < -0.4 is 19.9 Å². The number of rotatable bonds is 2. The standard InChI is InChI=1S/C17H25N3O2/c1-12(2)20-15-13(19-10-8-18-9-11-19)6-5-7-14(15)22-17(3,4)16(20)21/h5-7,12,18H,8-11H2,1-4H3. The van der Waals surface area contributed by atoms with E-state index in [1.807, 2.05) is 30.9 Å². The highest BCUT2D eigenvalue weighted by molar-refractivity contribution is 6.05. The quantitative estimate of drug-likeness (QED) is 0.908. The highest BCUT2D eigenvalue weighted by atomic mass is 16.5. The molecule has 2 heterocycles. The molecular weight excluding hydrogens is 278 g/mol. The van der Waals surface area contributed by atoms with E-state index in [0.29, 0.717) is 0 Å². The smallest absolute Gasteiger partial charge is 0.270 e. The van der Waals surface area contributed by atoms with Crippen LogP contribution >= 0.6 is 0 Å². The minimum Gasteiger partial charge on any atom is -0.476 e. The number of fused-ring (bicyclic) bond motifs is 1. The fourth-order valence-corrected chi connectivity index (χ4v) is 3.20. The SMILES string of the molecule is CC(C)N1C(=O)C(C)(C)Oc2cccc(N3CCNCC3)c21. The summed E-state index contributed by atoms with van der Waals surface area (Å²) in [6.45, 7) is 11.6. The third kappa shape index (κ3) is 2.43. The van der Waals surface area contributed by atoms with Gasteiger partial charge in [-0.2, -0.15) is 0 Å². The zero-order chi connectivity index (χ0) is 15.9. The Morgan fingerprint density at radius 3 is 2.55 bits per heavy atom. The van der Waals surface area contributed by atoms with E-state index in [2.05, 4.69) is 30.1 Å². The Hall–Kier alpha value is -1.75. The van der Waals surface area contributed by atoms with E-state index in [-0.39, 0.29) is 11.9 Å². The summed E-state index contributed by atoms with van der Waals surface area (Å²) in [6.07, 6.45) is 0. The summed E-state index contributed by atoms with van der Waals surface area (Å²) in [5, 5.41) is 3.37. The Labute approximate surface area is 132 Å². The van der Waals surface area contributed by atoms with Gasteiger partial charge < -0.3 is 19.9 Å². The molecule has 1 aromatic rings. The fraction of sp³-hybridized carbons (Fsp3) is 0.588. The predicted molar refractivity (Wildman–Crippen MR) is 88.9 cm³/mol. The van der Waals surface area contributed by atoms with Gasteiger partial charge >= 0.3 is 0 Å². The van der Waals surface area contributed by atoms with E-state index in [1.165, 1.54) is 0 Å². The largest absolute Gasteiger partial charge is 0.476 e. The number of carbonyl (C=O) groups is 1. The molecule has 1 amide bonds. The lowest BCUT2D eigenvalue weighted by Gasteiger charge is -2.43. The first-order chi connectivity index (χ1) is 10.4. The number of piperazine rings is 1. The molecule has 22 heavy (non-hydrogen) atoms. The number of hydrogen-bond acceptors (Lipinski definition) is 4. The first kappa shape index (κ1) is 15.2. The van der Waals surface area contributed by atoms with Crippen molar-refractivity contribution >= 4 is 17.3 Å². The van der Waals surface area contributed by atoms with Crippen molar-refractivity contribution in [1.29, 1.82) is 0 Å². The molecule has 1 saturated heterocycles. The molecule has 0 spiro atoms. The van der Waals surface area contributed by atoms with E-state index in [0.717, 1.165) is 43.3 Å². The van der Waals surface area contributed by atoms with Gasteiger partial charge in [0.1, 0.15) is 11.4 Å². The van der Waals surface area contributed by atoms with Crippen molar-refractivity contribution in [3.8, 4) is 5.75 Å². The third-order valence-electron chi connectivity index (χ3n) is 4.29. The lowest BCUT2D eigenvalue weighted by Crippen LogP contribution is -2.55. The molecule has 1 aromatic carbocycles. The van der Waals surface area contributed by atoms with Crippen LogP contribution in [0.4, 0.5) is 11.4 Å².